The molecule has 284 valence electrons. The number of pyridine rings is 1. The molecular formula is C41H63N3O6S. The lowest BCUT2D eigenvalue weighted by Gasteiger charge is -2.20. The molecule has 2 amide bonds. The Morgan fingerprint density at radius 2 is 1.35 bits per heavy atom. The smallest absolute Gasteiger partial charge is 0.306 e. The number of nitrogens with zero attached hydrogens (tertiary/aromatic N) is 1. The molecule has 0 saturated heterocycles. The predicted molar refractivity (Wildman–Crippen MR) is 203 cm³/mol. The molecule has 1 aliphatic rings. The first-order valence-electron chi connectivity index (χ1n) is 19.8. The maximum atomic E-state index is 12.8. The van der Waals surface area contributed by atoms with E-state index in [0.29, 0.717) is 37.4 Å². The SMILES string of the molecule is CCCCCCCCCCCCCCCCCC(=O)OCc1ccc(C(=O)NS(=O)(=O)c2ccc(CCNC(=O)CC3CCCCC3)cc2)cn1. The third-order valence-electron chi connectivity index (χ3n) is 9.85. The third-order valence-corrected chi connectivity index (χ3v) is 11.2. The van der Waals surface area contributed by atoms with E-state index in [1.54, 1.807) is 18.2 Å². The van der Waals surface area contributed by atoms with Crippen molar-refractivity contribution < 1.29 is 27.5 Å². The zero-order chi connectivity index (χ0) is 36.6. The van der Waals surface area contributed by atoms with Gasteiger partial charge in [-0.25, -0.2) is 13.1 Å². The van der Waals surface area contributed by atoms with E-state index in [2.05, 4.69) is 21.9 Å². The van der Waals surface area contributed by atoms with Crippen LogP contribution < -0.4 is 10.0 Å². The second-order valence-electron chi connectivity index (χ2n) is 14.3. The first kappa shape index (κ1) is 42.1. The van der Waals surface area contributed by atoms with Crippen molar-refractivity contribution in [3.05, 3.63) is 59.4 Å². The normalized spacial score (nSPS) is 13.5. The summed E-state index contributed by atoms with van der Waals surface area (Å²) in [5.74, 6) is -0.526. The van der Waals surface area contributed by atoms with Crippen LogP contribution in [0.15, 0.2) is 47.5 Å². The van der Waals surface area contributed by atoms with Gasteiger partial charge < -0.3 is 10.1 Å². The minimum absolute atomic E-state index is 0.00564. The van der Waals surface area contributed by atoms with Gasteiger partial charge in [0.25, 0.3) is 15.9 Å². The lowest BCUT2D eigenvalue weighted by molar-refractivity contribution is -0.145. The number of carbonyl (C=O) groups is 3. The van der Waals surface area contributed by atoms with E-state index in [0.717, 1.165) is 37.7 Å². The molecule has 0 bridgehead atoms. The number of carbonyl (C=O) groups excluding carboxylic acids is 3. The second kappa shape index (κ2) is 24.8. The van der Waals surface area contributed by atoms with E-state index in [1.807, 2.05) is 0 Å². The van der Waals surface area contributed by atoms with Crippen LogP contribution in [0.2, 0.25) is 0 Å². The standard InChI is InChI=1S/C41H63N3O6S/c1-2-3-4-5-6-7-8-9-10-11-12-13-14-15-19-22-40(46)50-33-37-26-25-36(32-43-37)41(47)44-51(48,49)38-27-23-34(24-28-38)29-30-42-39(45)31-35-20-17-16-18-21-35/h23-28,32,35H,2-22,29-31,33H2,1H3,(H,42,45)(H,44,47). The van der Waals surface area contributed by atoms with Crippen molar-refractivity contribution >= 4 is 27.8 Å². The zero-order valence-corrected chi connectivity index (χ0v) is 31.9. The highest BCUT2D eigenvalue weighted by molar-refractivity contribution is 7.90. The van der Waals surface area contributed by atoms with Crippen LogP contribution >= 0.6 is 0 Å². The Hall–Kier alpha value is -3.27. The molecular weight excluding hydrogens is 663 g/mol. The minimum atomic E-state index is -4.10. The number of benzene rings is 1. The van der Waals surface area contributed by atoms with Gasteiger partial charge in [0.2, 0.25) is 5.91 Å². The lowest BCUT2D eigenvalue weighted by Crippen LogP contribution is -2.30. The van der Waals surface area contributed by atoms with E-state index in [-0.39, 0.29) is 28.9 Å². The monoisotopic (exact) mass is 725 g/mol. The van der Waals surface area contributed by atoms with Crippen molar-refractivity contribution in [2.75, 3.05) is 6.54 Å². The van der Waals surface area contributed by atoms with E-state index >= 15 is 0 Å². The van der Waals surface area contributed by atoms with Crippen molar-refractivity contribution in [3.8, 4) is 0 Å². The molecule has 3 rings (SSSR count). The summed E-state index contributed by atoms with van der Waals surface area (Å²) in [6.07, 6.45) is 27.7. The van der Waals surface area contributed by atoms with Crippen LogP contribution in [0.3, 0.4) is 0 Å². The molecule has 1 fully saturated rings. The first-order chi connectivity index (χ1) is 24.8. The number of amides is 2. The fourth-order valence-electron chi connectivity index (χ4n) is 6.66. The van der Waals surface area contributed by atoms with Gasteiger partial charge in [0.15, 0.2) is 0 Å². The third kappa shape index (κ3) is 18.2. The van der Waals surface area contributed by atoms with Crippen LogP contribution in [0.5, 0.6) is 0 Å². The van der Waals surface area contributed by atoms with Gasteiger partial charge in [0.1, 0.15) is 6.61 Å². The Labute approximate surface area is 307 Å². The van der Waals surface area contributed by atoms with Gasteiger partial charge in [-0.1, -0.05) is 128 Å². The van der Waals surface area contributed by atoms with E-state index in [9.17, 15) is 22.8 Å². The Balaban J connectivity index is 1.24. The number of aromatic nitrogens is 1. The molecule has 1 aromatic heterocycles. The average Bonchev–Trinajstić information content (AvgIpc) is 3.13. The van der Waals surface area contributed by atoms with Crippen LogP contribution in [0.25, 0.3) is 0 Å². The van der Waals surface area contributed by atoms with Gasteiger partial charge >= 0.3 is 5.97 Å². The Kier molecular flexibility index (Phi) is 20.5. The van der Waals surface area contributed by atoms with Gasteiger partial charge in [-0.3, -0.25) is 19.4 Å². The summed E-state index contributed by atoms with van der Waals surface area (Å²) in [6, 6.07) is 9.27. The van der Waals surface area contributed by atoms with Crippen molar-refractivity contribution in [2.45, 2.75) is 166 Å². The van der Waals surface area contributed by atoms with Gasteiger partial charge in [-0.2, -0.15) is 0 Å². The van der Waals surface area contributed by atoms with Crippen LogP contribution in [-0.2, 0) is 37.4 Å². The van der Waals surface area contributed by atoms with Crippen LogP contribution in [0, 0.1) is 5.92 Å². The first-order valence-corrected chi connectivity index (χ1v) is 21.3. The molecule has 0 spiro atoms. The second-order valence-corrected chi connectivity index (χ2v) is 16.0. The fourth-order valence-corrected chi connectivity index (χ4v) is 7.63. The topological polar surface area (TPSA) is 132 Å². The van der Waals surface area contributed by atoms with Crippen LogP contribution in [-0.4, -0.2) is 37.7 Å². The number of rotatable bonds is 26. The number of nitrogens with one attached hydrogen (secondary N) is 2. The molecule has 1 heterocycles. The quantitative estimate of drug-likeness (QED) is 0.0730. The van der Waals surface area contributed by atoms with Gasteiger partial charge in [-0.05, 0) is 61.4 Å². The summed E-state index contributed by atoms with van der Waals surface area (Å²) in [4.78, 5) is 41.3. The van der Waals surface area contributed by atoms with E-state index in [1.165, 1.54) is 121 Å². The molecule has 0 unspecified atom stereocenters. The molecule has 2 N–H and O–H groups in total. The van der Waals surface area contributed by atoms with Crippen LogP contribution in [0.4, 0.5) is 0 Å². The van der Waals surface area contributed by atoms with Gasteiger partial charge in [0.05, 0.1) is 16.2 Å². The number of hydrogen-bond donors (Lipinski definition) is 2. The highest BCUT2D eigenvalue weighted by Crippen LogP contribution is 2.26. The average molecular weight is 726 g/mol. The molecule has 0 atom stereocenters. The highest BCUT2D eigenvalue weighted by Gasteiger charge is 2.20. The molecule has 1 aliphatic carbocycles. The van der Waals surface area contributed by atoms with Crippen molar-refractivity contribution in [1.29, 1.82) is 0 Å². The van der Waals surface area contributed by atoms with E-state index in [4.69, 9.17) is 4.74 Å². The Bertz CT molecular complexity index is 1390. The molecule has 51 heavy (non-hydrogen) atoms. The highest BCUT2D eigenvalue weighted by atomic mass is 32.2. The van der Waals surface area contributed by atoms with Crippen LogP contribution in [0.1, 0.15) is 170 Å². The Morgan fingerprint density at radius 1 is 0.765 bits per heavy atom. The summed E-state index contributed by atoms with van der Waals surface area (Å²) in [5, 5.41) is 2.97. The number of unbranched alkanes of at least 4 members (excludes halogenated alkanes) is 14. The maximum Gasteiger partial charge on any atom is 0.306 e. The zero-order valence-electron chi connectivity index (χ0n) is 31.1. The number of ether oxygens (including phenoxy) is 1. The minimum Gasteiger partial charge on any atom is -0.459 e. The van der Waals surface area contributed by atoms with Crippen molar-refractivity contribution in [3.63, 3.8) is 0 Å². The molecule has 1 saturated carbocycles. The summed E-state index contributed by atoms with van der Waals surface area (Å²) in [5.41, 5.74) is 1.43. The fraction of sp³-hybridized carbons (Fsp3) is 0.659. The maximum absolute atomic E-state index is 12.8. The van der Waals surface area contributed by atoms with Crippen molar-refractivity contribution in [1.82, 2.24) is 15.0 Å². The van der Waals surface area contributed by atoms with Gasteiger partial charge in [-0.15, -0.1) is 0 Å². The lowest BCUT2D eigenvalue weighted by atomic mass is 9.87. The number of sulfonamides is 1. The number of hydrogen-bond acceptors (Lipinski definition) is 7. The summed E-state index contributed by atoms with van der Waals surface area (Å²) < 4.78 is 33.1. The summed E-state index contributed by atoms with van der Waals surface area (Å²) in [6.45, 7) is 2.74. The summed E-state index contributed by atoms with van der Waals surface area (Å²) in [7, 11) is -4.10. The summed E-state index contributed by atoms with van der Waals surface area (Å²) >= 11 is 0. The molecule has 1 aromatic carbocycles. The number of esters is 1. The molecule has 2 aromatic rings. The largest absolute Gasteiger partial charge is 0.459 e. The van der Waals surface area contributed by atoms with E-state index < -0.39 is 15.9 Å². The molecule has 9 nitrogen and oxygen atoms in total. The Morgan fingerprint density at radius 3 is 1.92 bits per heavy atom. The molecule has 0 radical (unpaired) electrons. The van der Waals surface area contributed by atoms with Crippen molar-refractivity contribution in [2.24, 2.45) is 5.92 Å². The van der Waals surface area contributed by atoms with Gasteiger partial charge in [0, 0.05) is 25.6 Å². The molecule has 10 heteroatoms. The molecule has 0 aliphatic heterocycles. The predicted octanol–water partition coefficient (Wildman–Crippen LogP) is 9.13.